The van der Waals surface area contributed by atoms with Gasteiger partial charge in [-0.2, -0.15) is 0 Å². The van der Waals surface area contributed by atoms with Crippen LogP contribution >= 0.6 is 0 Å². The predicted molar refractivity (Wildman–Crippen MR) is 100 cm³/mol. The maximum Gasteiger partial charge on any atom is 0.414 e. The smallest absolute Gasteiger partial charge is 0.414 e. The van der Waals surface area contributed by atoms with Crippen LogP contribution in [0.4, 0.5) is 4.79 Å². The van der Waals surface area contributed by atoms with Gasteiger partial charge in [0.05, 0.1) is 19.6 Å². The number of nitrogens with zero attached hydrogens (tertiary/aromatic N) is 2. The summed E-state index contributed by atoms with van der Waals surface area (Å²) >= 11 is 0. The Kier molecular flexibility index (Phi) is 5.38. The van der Waals surface area contributed by atoms with E-state index < -0.39 is 5.60 Å². The van der Waals surface area contributed by atoms with E-state index in [1.807, 2.05) is 25.7 Å². The summed E-state index contributed by atoms with van der Waals surface area (Å²) in [7, 11) is 0. The topological polar surface area (TPSA) is 29.5 Å². The third-order valence-electron chi connectivity index (χ3n) is 5.30. The molecular weight excluding hydrogens is 312 g/mol. The van der Waals surface area contributed by atoms with Crippen LogP contribution in [0.5, 0.6) is 0 Å². The second kappa shape index (κ2) is 7.36. The van der Waals surface area contributed by atoms with E-state index >= 15 is 0 Å². The Balaban J connectivity index is 1.67. The molecule has 4 nitrogen and oxygen atoms in total. The van der Waals surface area contributed by atoms with Crippen molar-refractivity contribution < 1.29 is 14.0 Å². The lowest BCUT2D eigenvalue weighted by Crippen LogP contribution is -2.56. The van der Waals surface area contributed by atoms with Crippen molar-refractivity contribution in [1.82, 2.24) is 4.90 Å². The fraction of sp³-hybridized carbons (Fsp3) is 0.667. The first-order chi connectivity index (χ1) is 11.9. The number of carbonyl (C=O) groups is 1. The first kappa shape index (κ1) is 18.2. The lowest BCUT2D eigenvalue weighted by molar-refractivity contribution is -0.925. The summed E-state index contributed by atoms with van der Waals surface area (Å²) < 4.78 is 6.73. The maximum absolute atomic E-state index is 12.7. The first-order valence-corrected chi connectivity index (χ1v) is 9.76. The molecule has 0 bridgehead atoms. The number of benzene rings is 1. The Morgan fingerprint density at radius 2 is 1.80 bits per heavy atom. The summed E-state index contributed by atoms with van der Waals surface area (Å²) in [5.41, 5.74) is 0.964. The molecule has 1 saturated carbocycles. The van der Waals surface area contributed by atoms with Crippen LogP contribution in [-0.2, 0) is 11.2 Å². The standard InChI is InChI=1S/C21H33N2O2/c1-21(2,3)25-20(24)22(19-11-12-19)17-23(14-7-8-15-23)16-13-18-9-5-4-6-10-18/h4-6,9-10,19H,7-8,11-17H2,1-3H3/q+1. The maximum atomic E-state index is 12.7. The van der Waals surface area contributed by atoms with Gasteiger partial charge < -0.3 is 9.22 Å². The highest BCUT2D eigenvalue weighted by atomic mass is 16.6. The molecule has 1 aromatic carbocycles. The fourth-order valence-corrected chi connectivity index (χ4v) is 3.81. The Labute approximate surface area is 152 Å². The molecule has 1 heterocycles. The molecule has 2 fully saturated rings. The molecule has 0 unspecified atom stereocenters. The molecule has 1 saturated heterocycles. The van der Waals surface area contributed by atoms with Gasteiger partial charge >= 0.3 is 6.09 Å². The van der Waals surface area contributed by atoms with Crippen molar-refractivity contribution in [1.29, 1.82) is 0 Å². The number of amides is 1. The average molecular weight is 346 g/mol. The normalized spacial score (nSPS) is 19.6. The minimum atomic E-state index is -0.426. The van der Waals surface area contributed by atoms with Crippen molar-refractivity contribution in [2.45, 2.75) is 64.5 Å². The highest BCUT2D eigenvalue weighted by Crippen LogP contribution is 2.31. The van der Waals surface area contributed by atoms with Crippen molar-refractivity contribution >= 4 is 6.09 Å². The molecule has 0 spiro atoms. The lowest BCUT2D eigenvalue weighted by Gasteiger charge is -2.39. The summed E-state index contributed by atoms with van der Waals surface area (Å²) in [5.74, 6) is 0. The van der Waals surface area contributed by atoms with E-state index in [-0.39, 0.29) is 6.09 Å². The minimum Gasteiger partial charge on any atom is -0.444 e. The van der Waals surface area contributed by atoms with Crippen molar-refractivity contribution in [3.8, 4) is 0 Å². The lowest BCUT2D eigenvalue weighted by atomic mass is 10.1. The quantitative estimate of drug-likeness (QED) is 0.723. The summed E-state index contributed by atoms with van der Waals surface area (Å²) in [4.78, 5) is 14.8. The van der Waals surface area contributed by atoms with Gasteiger partial charge in [0, 0.05) is 25.3 Å². The van der Waals surface area contributed by atoms with Crippen molar-refractivity contribution in [3.05, 3.63) is 35.9 Å². The third kappa shape index (κ3) is 5.21. The number of rotatable bonds is 6. The van der Waals surface area contributed by atoms with Gasteiger partial charge in [0.2, 0.25) is 0 Å². The molecule has 1 aliphatic heterocycles. The fourth-order valence-electron chi connectivity index (χ4n) is 3.81. The van der Waals surface area contributed by atoms with E-state index in [0.717, 1.165) is 37.0 Å². The van der Waals surface area contributed by atoms with Crippen LogP contribution < -0.4 is 0 Å². The molecule has 1 amide bonds. The molecule has 25 heavy (non-hydrogen) atoms. The molecular formula is C21H33N2O2+. The Bertz CT molecular complexity index is 569. The molecule has 138 valence electrons. The zero-order valence-electron chi connectivity index (χ0n) is 16.0. The average Bonchev–Trinajstić information content (AvgIpc) is 3.29. The van der Waals surface area contributed by atoms with Crippen LogP contribution in [0.1, 0.15) is 52.0 Å². The number of quaternary nitrogens is 1. The summed E-state index contributed by atoms with van der Waals surface area (Å²) in [6.07, 6.45) is 5.73. The molecule has 1 aliphatic carbocycles. The molecule has 1 aromatic rings. The molecule has 0 atom stereocenters. The summed E-state index contributed by atoms with van der Waals surface area (Å²) in [6, 6.07) is 11.1. The van der Waals surface area contributed by atoms with Gasteiger partial charge in [-0.15, -0.1) is 0 Å². The van der Waals surface area contributed by atoms with Gasteiger partial charge in [-0.1, -0.05) is 30.3 Å². The number of hydrogen-bond acceptors (Lipinski definition) is 2. The van der Waals surface area contributed by atoms with E-state index in [4.69, 9.17) is 4.74 Å². The van der Waals surface area contributed by atoms with Crippen molar-refractivity contribution in [2.75, 3.05) is 26.3 Å². The zero-order valence-corrected chi connectivity index (χ0v) is 16.0. The van der Waals surface area contributed by atoms with E-state index in [9.17, 15) is 4.79 Å². The number of hydrogen-bond donors (Lipinski definition) is 0. The first-order valence-electron chi connectivity index (χ1n) is 9.76. The minimum absolute atomic E-state index is 0.126. The molecule has 0 N–H and O–H groups in total. The van der Waals surface area contributed by atoms with Crippen LogP contribution in [0.3, 0.4) is 0 Å². The van der Waals surface area contributed by atoms with Crippen molar-refractivity contribution in [3.63, 3.8) is 0 Å². The number of likely N-dealkylation sites (tertiary alicyclic amines) is 1. The Morgan fingerprint density at radius 1 is 1.16 bits per heavy atom. The van der Waals surface area contributed by atoms with Crippen LogP contribution in [0.15, 0.2) is 30.3 Å². The van der Waals surface area contributed by atoms with Gasteiger partial charge in [0.15, 0.2) is 6.67 Å². The molecule has 2 aliphatic rings. The Morgan fingerprint density at radius 3 is 2.36 bits per heavy atom. The van der Waals surface area contributed by atoms with Gasteiger partial charge in [-0.25, -0.2) is 4.79 Å². The Hall–Kier alpha value is -1.55. The van der Waals surface area contributed by atoms with E-state index in [1.54, 1.807) is 0 Å². The predicted octanol–water partition coefficient (Wildman–Crippen LogP) is 4.20. The SMILES string of the molecule is CC(C)(C)OC(=O)N(C[N+]1(CCc2ccccc2)CCCC1)C1CC1. The summed E-state index contributed by atoms with van der Waals surface area (Å²) in [6.45, 7) is 10.1. The second-order valence-electron chi connectivity index (χ2n) is 8.78. The van der Waals surface area contributed by atoms with Gasteiger partial charge in [0.1, 0.15) is 5.60 Å². The van der Waals surface area contributed by atoms with Crippen LogP contribution in [-0.4, -0.2) is 53.4 Å². The van der Waals surface area contributed by atoms with E-state index in [0.29, 0.717) is 6.04 Å². The summed E-state index contributed by atoms with van der Waals surface area (Å²) in [5, 5.41) is 0. The highest BCUT2D eigenvalue weighted by Gasteiger charge is 2.42. The van der Waals surface area contributed by atoms with Gasteiger partial charge in [-0.05, 0) is 39.2 Å². The largest absolute Gasteiger partial charge is 0.444 e. The van der Waals surface area contributed by atoms with E-state index in [2.05, 4.69) is 30.3 Å². The van der Waals surface area contributed by atoms with E-state index in [1.165, 1.54) is 31.5 Å². The van der Waals surface area contributed by atoms with Crippen LogP contribution in [0.25, 0.3) is 0 Å². The molecule has 0 aromatic heterocycles. The van der Waals surface area contributed by atoms with Crippen LogP contribution in [0.2, 0.25) is 0 Å². The third-order valence-corrected chi connectivity index (χ3v) is 5.30. The highest BCUT2D eigenvalue weighted by molar-refractivity contribution is 5.68. The van der Waals surface area contributed by atoms with Crippen molar-refractivity contribution in [2.24, 2.45) is 0 Å². The molecule has 3 rings (SSSR count). The number of carbonyl (C=O) groups excluding carboxylic acids is 1. The van der Waals surface area contributed by atoms with Gasteiger partial charge in [0.25, 0.3) is 0 Å². The molecule has 0 radical (unpaired) electrons. The van der Waals surface area contributed by atoms with Crippen LogP contribution in [0, 0.1) is 0 Å². The second-order valence-corrected chi connectivity index (χ2v) is 8.78. The monoisotopic (exact) mass is 345 g/mol. The molecule has 4 heteroatoms. The zero-order chi connectivity index (χ0) is 17.9. The van der Waals surface area contributed by atoms with Gasteiger partial charge in [-0.3, -0.25) is 4.90 Å². The number of ether oxygens (including phenoxy) is 1.